The van der Waals surface area contributed by atoms with Crippen LogP contribution in [0.1, 0.15) is 6.92 Å². The molecule has 0 aromatic carbocycles. The van der Waals surface area contributed by atoms with Gasteiger partial charge in [-0.1, -0.05) is 0 Å². The monoisotopic (exact) mass is 244 g/mol. The lowest BCUT2D eigenvalue weighted by Crippen LogP contribution is -1.86. The standard InChI is InChI=1S/C4H5IO4/c1-3(5(8)9)2-4(6)7/h2H,1H3,(H,6,7)/b3-2+. The second-order valence-corrected chi connectivity index (χ2v) is 4.23. The number of hydrogen-bond acceptors (Lipinski definition) is 3. The van der Waals surface area contributed by atoms with E-state index in [1.807, 2.05) is 0 Å². The third-order valence-electron chi connectivity index (χ3n) is 0.566. The zero-order valence-electron chi connectivity index (χ0n) is 4.63. The Bertz CT molecular complexity index is 205. The Morgan fingerprint density at radius 3 is 2.11 bits per heavy atom. The van der Waals surface area contributed by atoms with E-state index in [4.69, 9.17) is 5.11 Å². The minimum Gasteiger partial charge on any atom is -0.478 e. The average Bonchev–Trinajstić information content (AvgIpc) is 1.63. The highest BCUT2D eigenvalue weighted by Crippen LogP contribution is 2.17. The molecular formula is C4H5IO4. The van der Waals surface area contributed by atoms with Crippen molar-refractivity contribution in [2.24, 2.45) is 0 Å². The van der Waals surface area contributed by atoms with Crippen molar-refractivity contribution in [1.82, 2.24) is 0 Å². The fourth-order valence-electron chi connectivity index (χ4n) is 0.215. The predicted molar refractivity (Wildman–Crippen MR) is 36.8 cm³/mol. The topological polar surface area (TPSA) is 71.4 Å². The Hall–Kier alpha value is -0.460. The zero-order chi connectivity index (χ0) is 7.44. The molecule has 1 N–H and O–H groups in total. The molecule has 52 valence electrons. The minimum atomic E-state index is -3.49. The van der Waals surface area contributed by atoms with Crippen LogP contribution in [-0.4, -0.2) is 11.1 Å². The molecule has 5 heteroatoms. The Morgan fingerprint density at radius 2 is 2.00 bits per heavy atom. The van der Waals surface area contributed by atoms with Gasteiger partial charge in [-0.15, -0.1) is 0 Å². The van der Waals surface area contributed by atoms with E-state index in [-0.39, 0.29) is 3.58 Å². The van der Waals surface area contributed by atoms with Crippen LogP contribution < -0.4 is 0 Å². The van der Waals surface area contributed by atoms with Crippen molar-refractivity contribution in [3.05, 3.63) is 9.66 Å². The summed E-state index contributed by atoms with van der Waals surface area (Å²) in [5.74, 6) is -1.22. The number of halogens is 1. The number of hydrogen-bond donors (Lipinski definition) is 1. The van der Waals surface area contributed by atoms with Crippen LogP contribution in [0.15, 0.2) is 9.66 Å². The van der Waals surface area contributed by atoms with Gasteiger partial charge in [0.15, 0.2) is 0 Å². The van der Waals surface area contributed by atoms with Crippen molar-refractivity contribution in [3.63, 3.8) is 0 Å². The third-order valence-corrected chi connectivity index (χ3v) is 2.27. The molecule has 4 nitrogen and oxygen atoms in total. The van der Waals surface area contributed by atoms with Crippen molar-refractivity contribution >= 4 is 25.8 Å². The van der Waals surface area contributed by atoms with E-state index in [1.54, 1.807) is 0 Å². The Balaban J connectivity index is 4.36. The lowest BCUT2D eigenvalue weighted by atomic mass is 10.5. The van der Waals surface area contributed by atoms with Gasteiger partial charge >= 0.3 is 25.8 Å². The van der Waals surface area contributed by atoms with Crippen LogP contribution in [0.2, 0.25) is 0 Å². The van der Waals surface area contributed by atoms with E-state index in [1.165, 1.54) is 6.92 Å². The van der Waals surface area contributed by atoms with E-state index >= 15 is 0 Å². The van der Waals surface area contributed by atoms with Gasteiger partial charge in [0.2, 0.25) is 0 Å². The Kier molecular flexibility index (Phi) is 3.36. The maximum atomic E-state index is 10.0. The molecule has 0 aliphatic rings. The number of carboxylic acids is 1. The van der Waals surface area contributed by atoms with Crippen LogP contribution in [0.5, 0.6) is 0 Å². The predicted octanol–water partition coefficient (Wildman–Crippen LogP) is 1.17. The molecule has 0 fully saturated rings. The van der Waals surface area contributed by atoms with E-state index in [2.05, 4.69) is 0 Å². The summed E-state index contributed by atoms with van der Waals surface area (Å²) in [5, 5.41) is 8.00. The SMILES string of the molecule is C/C(=C\C(=O)O)I(=O)=O. The van der Waals surface area contributed by atoms with Gasteiger partial charge in [0.05, 0.1) is 3.58 Å². The second kappa shape index (κ2) is 3.54. The molecule has 0 aromatic heterocycles. The van der Waals surface area contributed by atoms with Crippen molar-refractivity contribution in [3.8, 4) is 0 Å². The summed E-state index contributed by atoms with van der Waals surface area (Å²) >= 11 is -3.49. The van der Waals surface area contributed by atoms with Gasteiger partial charge in [0.25, 0.3) is 0 Å². The summed E-state index contributed by atoms with van der Waals surface area (Å²) in [6.45, 7) is 1.26. The van der Waals surface area contributed by atoms with E-state index in [9.17, 15) is 10.9 Å². The number of aliphatic carboxylic acids is 1. The molecule has 0 amide bonds. The fourth-order valence-corrected chi connectivity index (χ4v) is 0.735. The van der Waals surface area contributed by atoms with Crippen molar-refractivity contribution in [2.45, 2.75) is 6.92 Å². The lowest BCUT2D eigenvalue weighted by molar-refractivity contribution is -0.131. The van der Waals surface area contributed by atoms with Gasteiger partial charge < -0.3 is 5.11 Å². The molecule has 0 aliphatic heterocycles. The summed E-state index contributed by atoms with van der Waals surface area (Å²) in [5.41, 5.74) is 0. The van der Waals surface area contributed by atoms with Crippen LogP contribution in [0.3, 0.4) is 0 Å². The summed E-state index contributed by atoms with van der Waals surface area (Å²) < 4.78 is 20.0. The molecule has 9 heavy (non-hydrogen) atoms. The van der Waals surface area contributed by atoms with Crippen LogP contribution in [-0.2, 0) is 10.9 Å². The van der Waals surface area contributed by atoms with Gasteiger partial charge in [0, 0.05) is 6.08 Å². The first-order chi connectivity index (χ1) is 4.04. The molecule has 0 saturated carbocycles. The first kappa shape index (κ1) is 8.54. The maximum Gasteiger partial charge on any atom is 0.336 e. The lowest BCUT2D eigenvalue weighted by Gasteiger charge is -1.78. The molecule has 0 atom stereocenters. The quantitative estimate of drug-likeness (QED) is 0.584. The molecule has 0 unspecified atom stereocenters. The molecule has 0 radical (unpaired) electrons. The highest BCUT2D eigenvalue weighted by Gasteiger charge is 1.96. The van der Waals surface area contributed by atoms with Gasteiger partial charge in [0.1, 0.15) is 0 Å². The summed E-state index contributed by atoms with van der Waals surface area (Å²) in [6, 6.07) is 0. The van der Waals surface area contributed by atoms with E-state index < -0.39 is 25.8 Å². The highest BCUT2D eigenvalue weighted by atomic mass is 127. The summed E-state index contributed by atoms with van der Waals surface area (Å²) in [7, 11) is 0. The van der Waals surface area contributed by atoms with Crippen LogP contribution >= 0.6 is 19.8 Å². The van der Waals surface area contributed by atoms with Crippen molar-refractivity contribution < 1.29 is 16.0 Å². The fraction of sp³-hybridized carbons (Fsp3) is 0.250. The maximum absolute atomic E-state index is 10.0. The molecule has 0 rings (SSSR count). The smallest absolute Gasteiger partial charge is 0.336 e. The van der Waals surface area contributed by atoms with Gasteiger partial charge in [-0.25, -0.2) is 10.9 Å². The van der Waals surface area contributed by atoms with Gasteiger partial charge in [-0.05, 0) is 6.92 Å². The highest BCUT2D eigenvalue weighted by molar-refractivity contribution is 14.2. The molecule has 0 spiro atoms. The number of carbonyl (C=O) groups is 1. The summed E-state index contributed by atoms with van der Waals surface area (Å²) in [4.78, 5) is 9.79. The Labute approximate surface area is 58.7 Å². The average molecular weight is 244 g/mol. The zero-order valence-corrected chi connectivity index (χ0v) is 6.78. The second-order valence-electron chi connectivity index (χ2n) is 1.29. The number of allylic oxidation sites excluding steroid dienone is 1. The largest absolute Gasteiger partial charge is 0.478 e. The molecule has 0 heterocycles. The first-order valence-corrected chi connectivity index (χ1v) is 4.84. The van der Waals surface area contributed by atoms with E-state index in [0.29, 0.717) is 6.08 Å². The van der Waals surface area contributed by atoms with Crippen LogP contribution in [0.25, 0.3) is 0 Å². The van der Waals surface area contributed by atoms with Crippen LogP contribution in [0.4, 0.5) is 0 Å². The molecule has 0 aromatic rings. The van der Waals surface area contributed by atoms with Crippen molar-refractivity contribution in [1.29, 1.82) is 0 Å². The number of rotatable bonds is 2. The molecule has 0 aliphatic carbocycles. The van der Waals surface area contributed by atoms with Gasteiger partial charge in [-0.3, -0.25) is 0 Å². The first-order valence-electron chi connectivity index (χ1n) is 2.00. The third kappa shape index (κ3) is 4.07. The molecule has 0 bridgehead atoms. The van der Waals surface area contributed by atoms with Crippen LogP contribution in [0, 0.1) is 0 Å². The van der Waals surface area contributed by atoms with E-state index in [0.717, 1.165) is 0 Å². The van der Waals surface area contributed by atoms with Crippen molar-refractivity contribution in [2.75, 3.05) is 0 Å². The molecule has 0 saturated heterocycles. The Morgan fingerprint density at radius 1 is 1.56 bits per heavy atom. The normalized spacial score (nSPS) is 12.0. The minimum absolute atomic E-state index is 0.0494. The molecular weight excluding hydrogens is 239 g/mol. The number of carboxylic acid groups (broad SMARTS) is 1. The summed E-state index contributed by atoms with van der Waals surface area (Å²) in [6.07, 6.45) is 0.685. The van der Waals surface area contributed by atoms with Gasteiger partial charge in [-0.2, -0.15) is 0 Å².